The van der Waals surface area contributed by atoms with E-state index in [1.807, 2.05) is 0 Å². The molecule has 0 unspecified atom stereocenters. The number of rotatable bonds is 0. The fourth-order valence-corrected chi connectivity index (χ4v) is 0. The molecule has 11 heavy (non-hydrogen) atoms. The smallest absolute Gasteiger partial charge is 0.822 e. The van der Waals surface area contributed by atoms with Crippen molar-refractivity contribution in [1.82, 2.24) is 0 Å². The Morgan fingerprint density at radius 2 is 1.18 bits per heavy atom. The fourth-order valence-electron chi connectivity index (χ4n) is 0. The third kappa shape index (κ3) is 218. The van der Waals surface area contributed by atoms with Crippen LogP contribution in [0.25, 0.3) is 0 Å². The van der Waals surface area contributed by atoms with Crippen LogP contribution in [0.1, 0.15) is 0 Å². The minimum Gasteiger partial charge on any atom is -0.822 e. The van der Waals surface area contributed by atoms with E-state index in [9.17, 15) is 0 Å². The third-order valence-electron chi connectivity index (χ3n) is 0. The molecule has 0 fully saturated rings. The summed E-state index contributed by atoms with van der Waals surface area (Å²) in [6, 6.07) is 0. The molecule has 0 aromatic rings. The van der Waals surface area contributed by atoms with Crippen molar-refractivity contribution in [3.63, 3.8) is 0 Å². The Labute approximate surface area is 143 Å². The van der Waals surface area contributed by atoms with Gasteiger partial charge in [-0.2, -0.15) is 7.82 Å². The third-order valence-corrected chi connectivity index (χ3v) is 0. The van der Waals surface area contributed by atoms with E-state index in [2.05, 4.69) is 0 Å². The van der Waals surface area contributed by atoms with E-state index in [4.69, 9.17) is 34.3 Å². The topological polar surface area (TPSA) is 147 Å². The van der Waals surface area contributed by atoms with Gasteiger partial charge in [-0.25, -0.2) is 0 Å². The number of hydrogen-bond donors (Lipinski definition) is 1. The van der Waals surface area contributed by atoms with Gasteiger partial charge in [0.25, 0.3) is 0 Å². The minimum atomic E-state index is -5.39. The predicted octanol–water partition coefficient (Wildman–Crippen LogP) is -4.70. The molecule has 0 amide bonds. The molecule has 7 nitrogen and oxygen atoms in total. The number of carboxylic acid groups (broad SMARTS) is 2. The summed E-state index contributed by atoms with van der Waals surface area (Å²) < 4.78 is 8.55. The van der Waals surface area contributed by atoms with Gasteiger partial charge >= 0.3 is 97.8 Å². The minimum absolute atomic E-state index is 0. The molecule has 0 heterocycles. The zero-order valence-corrected chi connectivity index (χ0v) is 15.0. The Balaban J connectivity index is -0.0000000383. The Kier molecular flexibility index (Phi) is 26.6. The molecule has 0 saturated heterocycles. The van der Waals surface area contributed by atoms with Gasteiger partial charge in [0, 0.05) is 0 Å². The van der Waals surface area contributed by atoms with Crippen molar-refractivity contribution in [3.8, 4) is 0 Å². The Bertz CT molecular complexity index is 116. The molecule has 0 aromatic carbocycles. The van der Waals surface area contributed by atoms with Crippen molar-refractivity contribution in [1.29, 1.82) is 0 Å². The molecule has 0 saturated carbocycles. The van der Waals surface area contributed by atoms with Gasteiger partial charge in [0.15, 0.2) is 0 Å². The quantitative estimate of drug-likeness (QED) is 0.300. The Morgan fingerprint density at radius 1 is 1.18 bits per heavy atom. The maximum Gasteiger partial charge on any atom is 2.00 e. The van der Waals surface area contributed by atoms with E-state index < -0.39 is 14.0 Å². The largest absolute Gasteiger partial charge is 2.00 e. The SMILES string of the molecule is O=C([O-])O.O=P([O-])([O-])[O-].[Ba+2].[Ba+2]. The predicted molar refractivity (Wildman–Crippen MR) is 27.1 cm³/mol. The monoisotopic (exact) mass is 432 g/mol. The first kappa shape index (κ1) is 23.4. The van der Waals surface area contributed by atoms with Crippen LogP contribution in [0, 0.1) is 0 Å². The van der Waals surface area contributed by atoms with Gasteiger partial charge in [-0.3, -0.25) is 0 Å². The molecule has 10 heteroatoms. The molecule has 0 bridgehead atoms. The standard InChI is InChI=1S/CH2O3.2Ba.H3O4P/c2-1(3)4;;;1-5(2,3)4/h(H2,2,3,4);;;(H3,1,2,3,4)/q;2*+2;/p-4. The molecule has 0 aliphatic rings. The molecule has 0 radical (unpaired) electrons. The van der Waals surface area contributed by atoms with Gasteiger partial charge in [-0.05, 0) is 0 Å². The van der Waals surface area contributed by atoms with Gasteiger partial charge in [0.2, 0.25) is 6.16 Å². The zero-order valence-electron chi connectivity index (χ0n) is 5.26. The van der Waals surface area contributed by atoms with Crippen molar-refractivity contribution in [2.45, 2.75) is 0 Å². The normalized spacial score (nSPS) is 7.55. The fraction of sp³-hybridized carbons (Fsp3) is 0. The second-order valence-corrected chi connectivity index (χ2v) is 1.61. The molecule has 56 valence electrons. The Morgan fingerprint density at radius 3 is 1.18 bits per heavy atom. The molecule has 0 aliphatic heterocycles. The second kappa shape index (κ2) is 12.5. The van der Waals surface area contributed by atoms with Crippen LogP contribution >= 0.6 is 7.82 Å². The summed E-state index contributed by atoms with van der Waals surface area (Å²) in [5.74, 6) is 0. The number of phosphoric acid groups is 1. The zero-order chi connectivity index (χ0) is 8.08. The molecule has 0 aromatic heterocycles. The van der Waals surface area contributed by atoms with Crippen molar-refractivity contribution in [2.24, 2.45) is 0 Å². The maximum atomic E-state index is 8.55. The van der Waals surface area contributed by atoms with Crippen LogP contribution in [0.5, 0.6) is 0 Å². The average molecular weight is 431 g/mol. The summed E-state index contributed by atoms with van der Waals surface area (Å²) in [4.78, 5) is 34.1. The van der Waals surface area contributed by atoms with Crippen LogP contribution in [0.2, 0.25) is 0 Å². The Hall–Kier alpha value is 2.52. The van der Waals surface area contributed by atoms with Crippen molar-refractivity contribution < 1.29 is 34.3 Å². The summed E-state index contributed by atoms with van der Waals surface area (Å²) in [7, 11) is -5.39. The van der Waals surface area contributed by atoms with Crippen LogP contribution in [0.15, 0.2) is 0 Å². The molecule has 0 atom stereocenters. The molecule has 0 rings (SSSR count). The van der Waals surface area contributed by atoms with E-state index in [-0.39, 0.29) is 97.8 Å². The van der Waals surface area contributed by atoms with Crippen LogP contribution in [-0.2, 0) is 4.57 Å². The van der Waals surface area contributed by atoms with Crippen molar-refractivity contribution in [2.75, 3.05) is 0 Å². The van der Waals surface area contributed by atoms with Crippen LogP contribution in [-0.4, -0.2) is 109 Å². The maximum absolute atomic E-state index is 8.55. The summed E-state index contributed by atoms with van der Waals surface area (Å²) in [5.41, 5.74) is 0. The summed E-state index contributed by atoms with van der Waals surface area (Å²) in [6.07, 6.45) is -2.08. The first-order valence-corrected chi connectivity index (χ1v) is 2.82. The second-order valence-electron chi connectivity index (χ2n) is 0.713. The van der Waals surface area contributed by atoms with Gasteiger partial charge in [-0.1, -0.05) is 0 Å². The van der Waals surface area contributed by atoms with Gasteiger partial charge < -0.3 is 34.3 Å². The van der Waals surface area contributed by atoms with E-state index in [1.54, 1.807) is 0 Å². The molecular weight excluding hydrogens is 430 g/mol. The van der Waals surface area contributed by atoms with Gasteiger partial charge in [0.05, 0.1) is 0 Å². The number of hydrogen-bond acceptors (Lipinski definition) is 6. The molecular formula is CHBa2O7P. The van der Waals surface area contributed by atoms with E-state index >= 15 is 0 Å². The first-order valence-electron chi connectivity index (χ1n) is 1.36. The van der Waals surface area contributed by atoms with Gasteiger partial charge in [0.1, 0.15) is 0 Å². The van der Waals surface area contributed by atoms with Crippen LogP contribution < -0.4 is 19.8 Å². The summed E-state index contributed by atoms with van der Waals surface area (Å²) in [5, 5.41) is 15.3. The molecule has 0 spiro atoms. The van der Waals surface area contributed by atoms with E-state index in [0.717, 1.165) is 0 Å². The average Bonchev–Trinajstić information content (AvgIpc) is 1.19. The summed E-state index contributed by atoms with van der Waals surface area (Å²) in [6.45, 7) is 0. The van der Waals surface area contributed by atoms with E-state index in [0.29, 0.717) is 0 Å². The molecule has 1 N–H and O–H groups in total. The first-order chi connectivity index (χ1) is 3.73. The van der Waals surface area contributed by atoms with E-state index in [1.165, 1.54) is 0 Å². The van der Waals surface area contributed by atoms with Crippen molar-refractivity contribution >= 4 is 112 Å². The molecule has 0 aliphatic carbocycles. The van der Waals surface area contributed by atoms with Crippen LogP contribution in [0.3, 0.4) is 0 Å². The number of carbonyl (C=O) groups is 1. The van der Waals surface area contributed by atoms with Gasteiger partial charge in [-0.15, -0.1) is 0 Å². The summed E-state index contributed by atoms with van der Waals surface area (Å²) >= 11 is 0. The van der Waals surface area contributed by atoms with Crippen molar-refractivity contribution in [3.05, 3.63) is 0 Å². The van der Waals surface area contributed by atoms with Crippen LogP contribution in [0.4, 0.5) is 4.79 Å².